The molecule has 1 aromatic rings. The van der Waals surface area contributed by atoms with Gasteiger partial charge in [-0.25, -0.2) is 4.42 Å². The van der Waals surface area contributed by atoms with E-state index < -0.39 is 4.92 Å². The normalized spacial score (nSPS) is 10.8. The molecule has 0 aliphatic heterocycles. The van der Waals surface area contributed by atoms with Gasteiger partial charge in [0, 0.05) is 25.2 Å². The molecule has 0 spiro atoms. The average molecular weight is 257 g/mol. The molecule has 94 valence electrons. The fourth-order valence-corrected chi connectivity index (χ4v) is 1.79. The van der Waals surface area contributed by atoms with E-state index in [4.69, 9.17) is 11.8 Å². The second-order valence-electron chi connectivity index (χ2n) is 3.98. The number of nitrogens with zero attached hydrogens (tertiary/aromatic N) is 2. The van der Waals surface area contributed by atoms with Crippen LogP contribution in [0, 0.1) is 10.1 Å². The summed E-state index contributed by atoms with van der Waals surface area (Å²) < 4.78 is 1.72. The third kappa shape index (κ3) is 5.15. The van der Waals surface area contributed by atoms with Crippen molar-refractivity contribution in [3.8, 4) is 0 Å². The van der Waals surface area contributed by atoms with Gasteiger partial charge in [-0.15, -0.1) is 0 Å². The van der Waals surface area contributed by atoms with Crippen LogP contribution in [0.5, 0.6) is 0 Å². The highest BCUT2D eigenvalue weighted by molar-refractivity contribution is 6.13. The Balaban J connectivity index is 2.43. The molecule has 0 unspecified atom stereocenters. The van der Waals surface area contributed by atoms with Gasteiger partial charge in [-0.05, 0) is 23.8 Å². The van der Waals surface area contributed by atoms with Crippen LogP contribution < -0.4 is 0 Å². The van der Waals surface area contributed by atoms with Crippen LogP contribution in [0.4, 0.5) is 5.69 Å². The van der Waals surface area contributed by atoms with Crippen molar-refractivity contribution < 1.29 is 4.92 Å². The standard InChI is InChI=1S/C12H17ClN2O2/c1-2-3-4-9-14(13)10-11-5-7-12(8-6-11)15(16)17/h5-8H,2-4,9-10H2,1H3. The monoisotopic (exact) mass is 256 g/mol. The van der Waals surface area contributed by atoms with Crippen LogP contribution in [-0.4, -0.2) is 15.9 Å². The first-order chi connectivity index (χ1) is 8.13. The number of halogens is 1. The fourth-order valence-electron chi connectivity index (χ4n) is 1.53. The first-order valence-electron chi connectivity index (χ1n) is 5.77. The molecule has 1 rings (SSSR count). The van der Waals surface area contributed by atoms with Crippen molar-refractivity contribution in [3.63, 3.8) is 0 Å². The summed E-state index contributed by atoms with van der Waals surface area (Å²) in [6.07, 6.45) is 3.42. The van der Waals surface area contributed by atoms with Crippen molar-refractivity contribution in [2.75, 3.05) is 6.54 Å². The van der Waals surface area contributed by atoms with Crippen molar-refractivity contribution in [2.24, 2.45) is 0 Å². The van der Waals surface area contributed by atoms with Crippen LogP contribution in [0.2, 0.25) is 0 Å². The summed E-state index contributed by atoms with van der Waals surface area (Å²) in [5.74, 6) is 0. The molecule has 0 amide bonds. The number of rotatable bonds is 7. The second kappa shape index (κ2) is 7.25. The van der Waals surface area contributed by atoms with Gasteiger partial charge in [0.1, 0.15) is 0 Å². The number of hydrogen-bond donors (Lipinski definition) is 0. The molecule has 0 atom stereocenters. The molecule has 0 saturated heterocycles. The maximum absolute atomic E-state index is 10.5. The fraction of sp³-hybridized carbons (Fsp3) is 0.500. The van der Waals surface area contributed by atoms with Crippen LogP contribution in [-0.2, 0) is 6.54 Å². The Kier molecular flexibility index (Phi) is 5.94. The van der Waals surface area contributed by atoms with Gasteiger partial charge in [0.05, 0.1) is 4.92 Å². The molecule has 0 aliphatic rings. The van der Waals surface area contributed by atoms with E-state index in [-0.39, 0.29) is 5.69 Å². The lowest BCUT2D eigenvalue weighted by Gasteiger charge is -2.12. The van der Waals surface area contributed by atoms with Gasteiger partial charge in [0.25, 0.3) is 5.69 Å². The molecule has 4 nitrogen and oxygen atoms in total. The molecule has 1 aromatic carbocycles. The highest BCUT2D eigenvalue weighted by Crippen LogP contribution is 2.14. The first-order valence-corrected chi connectivity index (χ1v) is 6.11. The molecule has 0 saturated carbocycles. The van der Waals surface area contributed by atoms with Crippen molar-refractivity contribution in [2.45, 2.75) is 32.7 Å². The molecule has 5 heteroatoms. The van der Waals surface area contributed by atoms with Crippen molar-refractivity contribution in [1.82, 2.24) is 4.42 Å². The van der Waals surface area contributed by atoms with Gasteiger partial charge in [0.2, 0.25) is 0 Å². The van der Waals surface area contributed by atoms with Gasteiger partial charge >= 0.3 is 0 Å². The zero-order chi connectivity index (χ0) is 12.7. The molecular weight excluding hydrogens is 240 g/mol. The van der Waals surface area contributed by atoms with Gasteiger partial charge in [-0.3, -0.25) is 10.1 Å². The summed E-state index contributed by atoms with van der Waals surface area (Å²) in [5, 5.41) is 10.5. The Morgan fingerprint density at radius 3 is 2.47 bits per heavy atom. The van der Waals surface area contributed by atoms with Crippen molar-refractivity contribution >= 4 is 17.5 Å². The molecule has 0 N–H and O–H groups in total. The van der Waals surface area contributed by atoms with E-state index in [0.717, 1.165) is 18.5 Å². The van der Waals surface area contributed by atoms with E-state index in [1.165, 1.54) is 25.0 Å². The number of nitro benzene ring substituents is 1. The number of unbranched alkanes of at least 4 members (excludes halogenated alkanes) is 2. The largest absolute Gasteiger partial charge is 0.269 e. The van der Waals surface area contributed by atoms with Crippen LogP contribution >= 0.6 is 11.8 Å². The predicted molar refractivity (Wildman–Crippen MR) is 68.9 cm³/mol. The van der Waals surface area contributed by atoms with Crippen LogP contribution in [0.15, 0.2) is 24.3 Å². The maximum atomic E-state index is 10.5. The second-order valence-corrected chi connectivity index (χ2v) is 4.45. The summed E-state index contributed by atoms with van der Waals surface area (Å²) in [6, 6.07) is 6.50. The highest BCUT2D eigenvalue weighted by atomic mass is 35.5. The topological polar surface area (TPSA) is 46.4 Å². The SMILES string of the molecule is CCCCCN(Cl)Cc1ccc([N+](=O)[O-])cc1. The van der Waals surface area contributed by atoms with Gasteiger partial charge < -0.3 is 0 Å². The Morgan fingerprint density at radius 2 is 1.94 bits per heavy atom. The number of benzene rings is 1. The van der Waals surface area contributed by atoms with Gasteiger partial charge in [-0.1, -0.05) is 31.9 Å². The highest BCUT2D eigenvalue weighted by Gasteiger charge is 2.06. The van der Waals surface area contributed by atoms with E-state index in [1.807, 2.05) is 0 Å². The number of hydrogen-bond acceptors (Lipinski definition) is 3. The third-order valence-electron chi connectivity index (χ3n) is 2.51. The Morgan fingerprint density at radius 1 is 1.29 bits per heavy atom. The molecule has 0 radical (unpaired) electrons. The van der Waals surface area contributed by atoms with Crippen molar-refractivity contribution in [3.05, 3.63) is 39.9 Å². The Hall–Kier alpha value is -1.13. The molecule has 0 bridgehead atoms. The van der Waals surface area contributed by atoms with E-state index in [9.17, 15) is 10.1 Å². The summed E-state index contributed by atoms with van der Waals surface area (Å²) in [6.45, 7) is 3.60. The van der Waals surface area contributed by atoms with E-state index >= 15 is 0 Å². The molecular formula is C12H17ClN2O2. The number of nitro groups is 1. The number of non-ortho nitro benzene ring substituents is 1. The van der Waals surface area contributed by atoms with Crippen LogP contribution in [0.25, 0.3) is 0 Å². The molecule has 0 heterocycles. The Bertz CT molecular complexity index is 354. The van der Waals surface area contributed by atoms with Crippen LogP contribution in [0.3, 0.4) is 0 Å². The van der Waals surface area contributed by atoms with E-state index in [1.54, 1.807) is 16.6 Å². The minimum absolute atomic E-state index is 0.112. The smallest absolute Gasteiger partial charge is 0.258 e. The zero-order valence-electron chi connectivity index (χ0n) is 9.93. The lowest BCUT2D eigenvalue weighted by atomic mass is 10.2. The lowest BCUT2D eigenvalue weighted by Crippen LogP contribution is -2.13. The van der Waals surface area contributed by atoms with Gasteiger partial charge in [0.15, 0.2) is 0 Å². The molecule has 0 fully saturated rings. The van der Waals surface area contributed by atoms with Crippen molar-refractivity contribution in [1.29, 1.82) is 0 Å². The van der Waals surface area contributed by atoms with Gasteiger partial charge in [-0.2, -0.15) is 0 Å². The third-order valence-corrected chi connectivity index (χ3v) is 2.79. The first kappa shape index (κ1) is 13.9. The maximum Gasteiger partial charge on any atom is 0.269 e. The molecule has 0 aliphatic carbocycles. The minimum atomic E-state index is -0.399. The zero-order valence-corrected chi connectivity index (χ0v) is 10.7. The van der Waals surface area contributed by atoms with E-state index in [0.29, 0.717) is 6.54 Å². The molecule has 17 heavy (non-hydrogen) atoms. The average Bonchev–Trinajstić information content (AvgIpc) is 2.30. The quantitative estimate of drug-likeness (QED) is 0.323. The molecule has 0 aromatic heterocycles. The minimum Gasteiger partial charge on any atom is -0.258 e. The summed E-state index contributed by atoms with van der Waals surface area (Å²) in [4.78, 5) is 10.1. The summed E-state index contributed by atoms with van der Waals surface area (Å²) in [5.41, 5.74) is 1.10. The van der Waals surface area contributed by atoms with E-state index in [2.05, 4.69) is 6.92 Å². The lowest BCUT2D eigenvalue weighted by molar-refractivity contribution is -0.384. The predicted octanol–water partition coefficient (Wildman–Crippen LogP) is 3.74. The van der Waals surface area contributed by atoms with Crippen LogP contribution in [0.1, 0.15) is 31.7 Å². The summed E-state index contributed by atoms with van der Waals surface area (Å²) in [7, 11) is 0. The Labute approximate surface area is 106 Å². The summed E-state index contributed by atoms with van der Waals surface area (Å²) >= 11 is 6.05.